The summed E-state index contributed by atoms with van der Waals surface area (Å²) in [6, 6.07) is 2.81. The molecule has 0 saturated heterocycles. The number of pyridine rings is 1. The largest absolute Gasteiger partial charge is 0.306 e. The van der Waals surface area contributed by atoms with Crippen molar-refractivity contribution >= 4 is 0 Å². The van der Waals surface area contributed by atoms with Crippen LogP contribution in [0.5, 0.6) is 0 Å². The monoisotopic (exact) mass is 244 g/mol. The molecule has 2 heteroatoms. The standard InChI is InChI=1S/C16H24N2/c1-7-9-15(8-2)18-14(6)16-11(3)10-12(4)17-13(16)5/h1,10,14-15,18H,8-9H2,2-6H3. The highest BCUT2D eigenvalue weighted by molar-refractivity contribution is 5.33. The van der Waals surface area contributed by atoms with Crippen molar-refractivity contribution in [1.82, 2.24) is 10.3 Å². The minimum atomic E-state index is 0.288. The van der Waals surface area contributed by atoms with E-state index < -0.39 is 0 Å². The quantitative estimate of drug-likeness (QED) is 0.802. The van der Waals surface area contributed by atoms with E-state index in [9.17, 15) is 0 Å². The van der Waals surface area contributed by atoms with Crippen molar-refractivity contribution in [3.05, 3.63) is 28.6 Å². The van der Waals surface area contributed by atoms with Crippen molar-refractivity contribution in [2.45, 2.75) is 59.5 Å². The predicted octanol–water partition coefficient (Wildman–Crippen LogP) is 3.46. The van der Waals surface area contributed by atoms with Crippen molar-refractivity contribution < 1.29 is 0 Å². The van der Waals surface area contributed by atoms with Gasteiger partial charge in [-0.3, -0.25) is 4.98 Å². The Labute approximate surface area is 111 Å². The van der Waals surface area contributed by atoms with E-state index in [-0.39, 0.29) is 6.04 Å². The molecule has 2 atom stereocenters. The molecular weight excluding hydrogens is 220 g/mol. The Kier molecular flexibility index (Phi) is 5.37. The van der Waals surface area contributed by atoms with E-state index in [1.165, 1.54) is 11.1 Å². The Balaban J connectivity index is 2.90. The van der Waals surface area contributed by atoms with Gasteiger partial charge in [0.2, 0.25) is 0 Å². The second kappa shape index (κ2) is 6.56. The van der Waals surface area contributed by atoms with Crippen LogP contribution >= 0.6 is 0 Å². The number of rotatable bonds is 5. The molecule has 1 N–H and O–H groups in total. The van der Waals surface area contributed by atoms with Crippen LogP contribution in [0.2, 0.25) is 0 Å². The summed E-state index contributed by atoms with van der Waals surface area (Å²) < 4.78 is 0. The molecule has 1 rings (SSSR count). The van der Waals surface area contributed by atoms with Crippen LogP contribution in [0.4, 0.5) is 0 Å². The summed E-state index contributed by atoms with van der Waals surface area (Å²) in [5.41, 5.74) is 4.80. The lowest BCUT2D eigenvalue weighted by atomic mass is 9.99. The Hall–Kier alpha value is -1.33. The van der Waals surface area contributed by atoms with Crippen LogP contribution in [0, 0.1) is 33.1 Å². The van der Waals surface area contributed by atoms with Crippen LogP contribution in [-0.2, 0) is 0 Å². The van der Waals surface area contributed by atoms with E-state index in [4.69, 9.17) is 6.42 Å². The van der Waals surface area contributed by atoms with Gasteiger partial charge in [0.25, 0.3) is 0 Å². The van der Waals surface area contributed by atoms with Crippen LogP contribution in [0.3, 0.4) is 0 Å². The van der Waals surface area contributed by atoms with Gasteiger partial charge in [-0.1, -0.05) is 6.92 Å². The lowest BCUT2D eigenvalue weighted by Gasteiger charge is -2.23. The van der Waals surface area contributed by atoms with Gasteiger partial charge in [-0.25, -0.2) is 0 Å². The zero-order chi connectivity index (χ0) is 13.7. The average molecular weight is 244 g/mol. The van der Waals surface area contributed by atoms with Crippen LogP contribution in [-0.4, -0.2) is 11.0 Å². The average Bonchev–Trinajstić information content (AvgIpc) is 2.26. The van der Waals surface area contributed by atoms with Gasteiger partial charge in [-0.05, 0) is 51.3 Å². The first-order valence-corrected chi connectivity index (χ1v) is 6.63. The van der Waals surface area contributed by atoms with Gasteiger partial charge in [0.15, 0.2) is 0 Å². The summed E-state index contributed by atoms with van der Waals surface area (Å²) >= 11 is 0. The highest BCUT2D eigenvalue weighted by atomic mass is 14.9. The van der Waals surface area contributed by atoms with E-state index in [2.05, 4.69) is 50.0 Å². The first-order valence-electron chi connectivity index (χ1n) is 6.63. The maximum Gasteiger partial charge on any atom is 0.0426 e. The van der Waals surface area contributed by atoms with Crippen molar-refractivity contribution in [1.29, 1.82) is 0 Å². The minimum absolute atomic E-state index is 0.288. The Morgan fingerprint density at radius 3 is 2.56 bits per heavy atom. The summed E-state index contributed by atoms with van der Waals surface area (Å²) in [6.45, 7) is 10.6. The highest BCUT2D eigenvalue weighted by Crippen LogP contribution is 2.22. The topological polar surface area (TPSA) is 24.9 Å². The number of hydrogen-bond donors (Lipinski definition) is 1. The molecule has 2 unspecified atom stereocenters. The number of aryl methyl sites for hydroxylation is 3. The second-order valence-corrected chi connectivity index (χ2v) is 4.98. The van der Waals surface area contributed by atoms with Gasteiger partial charge in [-0.2, -0.15) is 0 Å². The Morgan fingerprint density at radius 1 is 1.39 bits per heavy atom. The molecule has 0 spiro atoms. The van der Waals surface area contributed by atoms with E-state index >= 15 is 0 Å². The minimum Gasteiger partial charge on any atom is -0.306 e. The first kappa shape index (κ1) is 14.7. The third kappa shape index (κ3) is 3.58. The lowest BCUT2D eigenvalue weighted by Crippen LogP contribution is -2.31. The molecule has 0 aliphatic rings. The van der Waals surface area contributed by atoms with E-state index in [1.54, 1.807) is 0 Å². The number of terminal acetylenes is 1. The summed E-state index contributed by atoms with van der Waals surface area (Å²) in [4.78, 5) is 4.55. The zero-order valence-electron chi connectivity index (χ0n) is 12.2. The van der Waals surface area contributed by atoms with Gasteiger partial charge < -0.3 is 5.32 Å². The van der Waals surface area contributed by atoms with Gasteiger partial charge in [0, 0.05) is 29.9 Å². The molecular formula is C16H24N2. The molecule has 0 amide bonds. The number of hydrogen-bond acceptors (Lipinski definition) is 2. The normalized spacial score (nSPS) is 14.0. The van der Waals surface area contributed by atoms with Crippen LogP contribution in [0.25, 0.3) is 0 Å². The van der Waals surface area contributed by atoms with Crippen LogP contribution in [0.15, 0.2) is 6.07 Å². The molecule has 0 aliphatic heterocycles. The summed E-state index contributed by atoms with van der Waals surface area (Å²) in [5, 5.41) is 3.60. The maximum absolute atomic E-state index is 5.40. The first-order chi connectivity index (χ1) is 8.49. The molecule has 1 aromatic rings. The molecule has 0 radical (unpaired) electrons. The fourth-order valence-electron chi connectivity index (χ4n) is 2.59. The van der Waals surface area contributed by atoms with Crippen molar-refractivity contribution in [3.8, 4) is 12.3 Å². The molecule has 1 aromatic heterocycles. The van der Waals surface area contributed by atoms with E-state index in [0.717, 1.165) is 24.2 Å². The third-order valence-electron chi connectivity index (χ3n) is 3.36. The molecule has 0 fully saturated rings. The smallest absolute Gasteiger partial charge is 0.0426 e. The maximum atomic E-state index is 5.40. The summed E-state index contributed by atoms with van der Waals surface area (Å²) in [5.74, 6) is 2.74. The van der Waals surface area contributed by atoms with Gasteiger partial charge in [0.05, 0.1) is 0 Å². The fraction of sp³-hybridized carbons (Fsp3) is 0.562. The summed E-state index contributed by atoms with van der Waals surface area (Å²) in [7, 11) is 0. The Bertz CT molecular complexity index is 420. The summed E-state index contributed by atoms with van der Waals surface area (Å²) in [6.07, 6.45) is 7.22. The third-order valence-corrected chi connectivity index (χ3v) is 3.36. The molecule has 0 bridgehead atoms. The van der Waals surface area contributed by atoms with E-state index in [1.807, 2.05) is 6.92 Å². The van der Waals surface area contributed by atoms with Gasteiger partial charge in [0.1, 0.15) is 0 Å². The van der Waals surface area contributed by atoms with Crippen molar-refractivity contribution in [3.63, 3.8) is 0 Å². The van der Waals surface area contributed by atoms with Crippen LogP contribution < -0.4 is 5.32 Å². The number of nitrogens with one attached hydrogen (secondary N) is 1. The fourth-order valence-corrected chi connectivity index (χ4v) is 2.59. The lowest BCUT2D eigenvalue weighted by molar-refractivity contribution is 0.446. The number of nitrogens with zero attached hydrogens (tertiary/aromatic N) is 1. The van der Waals surface area contributed by atoms with Crippen LogP contribution in [0.1, 0.15) is 55.2 Å². The zero-order valence-corrected chi connectivity index (χ0v) is 12.2. The van der Waals surface area contributed by atoms with Crippen molar-refractivity contribution in [2.75, 3.05) is 0 Å². The molecule has 1 heterocycles. The van der Waals surface area contributed by atoms with Gasteiger partial charge >= 0.3 is 0 Å². The van der Waals surface area contributed by atoms with E-state index in [0.29, 0.717) is 6.04 Å². The molecule has 0 aliphatic carbocycles. The second-order valence-electron chi connectivity index (χ2n) is 4.98. The molecule has 18 heavy (non-hydrogen) atoms. The van der Waals surface area contributed by atoms with Gasteiger partial charge in [-0.15, -0.1) is 12.3 Å². The molecule has 0 aromatic carbocycles. The highest BCUT2D eigenvalue weighted by Gasteiger charge is 2.15. The molecule has 2 nitrogen and oxygen atoms in total. The Morgan fingerprint density at radius 2 is 2.06 bits per heavy atom. The number of aromatic nitrogens is 1. The predicted molar refractivity (Wildman–Crippen MR) is 77.5 cm³/mol. The molecule has 98 valence electrons. The van der Waals surface area contributed by atoms with Crippen molar-refractivity contribution in [2.24, 2.45) is 0 Å². The molecule has 0 saturated carbocycles. The SMILES string of the molecule is C#CCC(CC)NC(C)c1c(C)cc(C)nc1C.